The van der Waals surface area contributed by atoms with Crippen molar-refractivity contribution in [3.8, 4) is 0 Å². The highest BCUT2D eigenvalue weighted by atomic mass is 35.5. The summed E-state index contributed by atoms with van der Waals surface area (Å²) in [7, 11) is -2.08. The predicted molar refractivity (Wildman–Crippen MR) is 91.4 cm³/mol. The monoisotopic (exact) mass is 365 g/mol. The number of sulfonamides is 1. The molecule has 1 aromatic rings. The molecule has 0 heterocycles. The van der Waals surface area contributed by atoms with Gasteiger partial charge >= 0.3 is 0 Å². The Morgan fingerprint density at radius 2 is 1.83 bits per heavy atom. The number of methoxy groups -OCH3 is 1. The smallest absolute Gasteiger partial charge is 0.251 e. The predicted octanol–water partition coefficient (Wildman–Crippen LogP) is 0.502. The number of hydrogen-bond acceptors (Lipinski definition) is 5. The van der Waals surface area contributed by atoms with E-state index in [1.807, 2.05) is 0 Å². The Bertz CT molecular complexity index is 564. The molecule has 0 atom stereocenters. The van der Waals surface area contributed by atoms with Crippen molar-refractivity contribution in [1.82, 2.24) is 10.0 Å². The highest BCUT2D eigenvalue weighted by Gasteiger charge is 2.14. The Morgan fingerprint density at radius 3 is 2.39 bits per heavy atom. The summed E-state index contributed by atoms with van der Waals surface area (Å²) in [5.74, 6) is -0.228. The standard InChI is InChI=1S/C14H23N3O4S.ClH/c1-21-11-10-17-22(19,20)13-6-4-12(5-7-13)14(18)16-9-3-2-8-15;/h4-7,17H,2-3,8-11,15H2,1H3,(H,16,18);1H. The van der Waals surface area contributed by atoms with Gasteiger partial charge in [-0.1, -0.05) is 0 Å². The molecule has 0 aliphatic rings. The second-order valence-electron chi connectivity index (χ2n) is 4.67. The SMILES string of the molecule is COCCNS(=O)(=O)c1ccc(C(=O)NCCCCN)cc1.Cl. The molecule has 132 valence electrons. The highest BCUT2D eigenvalue weighted by molar-refractivity contribution is 7.89. The maximum Gasteiger partial charge on any atom is 0.251 e. The van der Waals surface area contributed by atoms with Gasteiger partial charge < -0.3 is 15.8 Å². The average Bonchev–Trinajstić information content (AvgIpc) is 2.51. The Balaban J connectivity index is 0.00000484. The molecule has 1 aromatic carbocycles. The van der Waals surface area contributed by atoms with E-state index in [-0.39, 0.29) is 29.8 Å². The molecule has 0 saturated carbocycles. The lowest BCUT2D eigenvalue weighted by molar-refractivity contribution is 0.0953. The van der Waals surface area contributed by atoms with Crippen LogP contribution in [0.2, 0.25) is 0 Å². The summed E-state index contributed by atoms with van der Waals surface area (Å²) < 4.78 is 31.1. The summed E-state index contributed by atoms with van der Waals surface area (Å²) in [6.45, 7) is 1.64. The number of nitrogens with two attached hydrogens (primary N) is 1. The Kier molecular flexibility index (Phi) is 10.8. The van der Waals surface area contributed by atoms with Crippen molar-refractivity contribution in [1.29, 1.82) is 0 Å². The van der Waals surface area contributed by atoms with Crippen LogP contribution in [0.25, 0.3) is 0 Å². The fraction of sp³-hybridized carbons (Fsp3) is 0.500. The maximum atomic E-state index is 12.0. The number of rotatable bonds is 10. The van der Waals surface area contributed by atoms with Crippen LogP contribution in [0.4, 0.5) is 0 Å². The van der Waals surface area contributed by atoms with Gasteiger partial charge in [0, 0.05) is 25.8 Å². The third kappa shape index (κ3) is 7.76. The second kappa shape index (κ2) is 11.4. The van der Waals surface area contributed by atoms with Crippen LogP contribution in [0.5, 0.6) is 0 Å². The highest BCUT2D eigenvalue weighted by Crippen LogP contribution is 2.10. The lowest BCUT2D eigenvalue weighted by Gasteiger charge is -2.08. The Labute approximate surface area is 143 Å². The number of halogens is 1. The fourth-order valence-electron chi connectivity index (χ4n) is 1.72. The molecule has 9 heteroatoms. The molecular formula is C14H24ClN3O4S. The van der Waals surface area contributed by atoms with E-state index in [2.05, 4.69) is 10.0 Å². The van der Waals surface area contributed by atoms with Crippen molar-refractivity contribution in [3.63, 3.8) is 0 Å². The zero-order chi connectivity index (χ0) is 16.4. The van der Waals surface area contributed by atoms with Gasteiger partial charge in [0.15, 0.2) is 0 Å². The van der Waals surface area contributed by atoms with Crippen molar-refractivity contribution in [2.24, 2.45) is 5.73 Å². The number of nitrogens with one attached hydrogen (secondary N) is 2. The zero-order valence-corrected chi connectivity index (χ0v) is 14.7. The van der Waals surface area contributed by atoms with E-state index in [9.17, 15) is 13.2 Å². The van der Waals surface area contributed by atoms with Gasteiger partial charge in [-0.15, -0.1) is 12.4 Å². The van der Waals surface area contributed by atoms with Crippen LogP contribution >= 0.6 is 12.4 Å². The lowest BCUT2D eigenvalue weighted by Crippen LogP contribution is -2.27. The molecule has 0 aliphatic heterocycles. The van der Waals surface area contributed by atoms with Gasteiger partial charge in [0.1, 0.15) is 0 Å². The van der Waals surface area contributed by atoms with E-state index in [0.29, 0.717) is 25.3 Å². The van der Waals surface area contributed by atoms with Gasteiger partial charge in [-0.05, 0) is 43.7 Å². The van der Waals surface area contributed by atoms with Crippen LogP contribution in [0.3, 0.4) is 0 Å². The molecule has 0 radical (unpaired) electrons. The number of carbonyl (C=O) groups excluding carboxylic acids is 1. The van der Waals surface area contributed by atoms with E-state index in [0.717, 1.165) is 12.8 Å². The van der Waals surface area contributed by atoms with Crippen LogP contribution < -0.4 is 15.8 Å². The number of carbonyl (C=O) groups is 1. The van der Waals surface area contributed by atoms with Crippen LogP contribution in [-0.4, -0.2) is 47.7 Å². The molecule has 1 amide bonds. The molecule has 23 heavy (non-hydrogen) atoms. The summed E-state index contributed by atoms with van der Waals surface area (Å²) in [5, 5.41) is 2.76. The third-order valence-electron chi connectivity index (χ3n) is 2.94. The van der Waals surface area contributed by atoms with Gasteiger partial charge in [-0.25, -0.2) is 13.1 Å². The quantitative estimate of drug-likeness (QED) is 0.523. The van der Waals surface area contributed by atoms with Crippen molar-refractivity contribution in [2.75, 3.05) is 33.4 Å². The summed E-state index contributed by atoms with van der Waals surface area (Å²) in [6.07, 6.45) is 1.67. The summed E-state index contributed by atoms with van der Waals surface area (Å²) >= 11 is 0. The zero-order valence-electron chi connectivity index (χ0n) is 13.1. The summed E-state index contributed by atoms with van der Waals surface area (Å²) in [6, 6.07) is 5.79. The van der Waals surface area contributed by atoms with Gasteiger partial charge in [-0.3, -0.25) is 4.79 Å². The molecule has 0 saturated heterocycles. The Morgan fingerprint density at radius 1 is 1.17 bits per heavy atom. The number of ether oxygens (including phenoxy) is 1. The molecule has 0 aliphatic carbocycles. The van der Waals surface area contributed by atoms with E-state index < -0.39 is 10.0 Å². The van der Waals surface area contributed by atoms with Crippen molar-refractivity contribution in [3.05, 3.63) is 29.8 Å². The van der Waals surface area contributed by atoms with Crippen molar-refractivity contribution in [2.45, 2.75) is 17.7 Å². The molecule has 7 nitrogen and oxygen atoms in total. The molecular weight excluding hydrogens is 342 g/mol. The first-order valence-electron chi connectivity index (χ1n) is 7.08. The van der Waals surface area contributed by atoms with Gasteiger partial charge in [0.05, 0.1) is 11.5 Å². The molecule has 0 bridgehead atoms. The fourth-order valence-corrected chi connectivity index (χ4v) is 2.73. The van der Waals surface area contributed by atoms with E-state index in [4.69, 9.17) is 10.5 Å². The Hall–Kier alpha value is -1.19. The van der Waals surface area contributed by atoms with Crippen molar-refractivity contribution >= 4 is 28.3 Å². The normalized spacial score (nSPS) is 10.9. The minimum atomic E-state index is -3.57. The van der Waals surface area contributed by atoms with Crippen LogP contribution in [0.1, 0.15) is 23.2 Å². The second-order valence-corrected chi connectivity index (χ2v) is 6.43. The number of unbranched alkanes of at least 4 members (excludes halogenated alkanes) is 1. The molecule has 0 spiro atoms. The first kappa shape index (κ1) is 21.8. The number of hydrogen-bond donors (Lipinski definition) is 3. The molecule has 0 fully saturated rings. The number of amides is 1. The summed E-state index contributed by atoms with van der Waals surface area (Å²) in [4.78, 5) is 12.0. The summed E-state index contributed by atoms with van der Waals surface area (Å²) in [5.41, 5.74) is 5.79. The average molecular weight is 366 g/mol. The maximum absolute atomic E-state index is 12.0. The van der Waals surface area contributed by atoms with E-state index in [1.54, 1.807) is 0 Å². The van der Waals surface area contributed by atoms with Gasteiger partial charge in [0.2, 0.25) is 10.0 Å². The minimum Gasteiger partial charge on any atom is -0.383 e. The van der Waals surface area contributed by atoms with Gasteiger partial charge in [0.25, 0.3) is 5.91 Å². The molecule has 0 unspecified atom stereocenters. The topological polar surface area (TPSA) is 111 Å². The van der Waals surface area contributed by atoms with Crippen LogP contribution in [0, 0.1) is 0 Å². The third-order valence-corrected chi connectivity index (χ3v) is 4.42. The largest absolute Gasteiger partial charge is 0.383 e. The molecule has 0 aromatic heterocycles. The number of benzene rings is 1. The minimum absolute atomic E-state index is 0. The van der Waals surface area contributed by atoms with Gasteiger partial charge in [-0.2, -0.15) is 0 Å². The van der Waals surface area contributed by atoms with Crippen LogP contribution in [-0.2, 0) is 14.8 Å². The lowest BCUT2D eigenvalue weighted by atomic mass is 10.2. The van der Waals surface area contributed by atoms with E-state index >= 15 is 0 Å². The van der Waals surface area contributed by atoms with Crippen LogP contribution in [0.15, 0.2) is 29.2 Å². The first-order valence-corrected chi connectivity index (χ1v) is 8.56. The molecule has 4 N–H and O–H groups in total. The van der Waals surface area contributed by atoms with Crippen molar-refractivity contribution < 1.29 is 17.9 Å². The molecule has 1 rings (SSSR count). The van der Waals surface area contributed by atoms with E-state index in [1.165, 1.54) is 31.4 Å². The first-order chi connectivity index (χ1) is 10.5.